The Labute approximate surface area is 111 Å². The predicted molar refractivity (Wildman–Crippen MR) is 74.0 cm³/mol. The second kappa shape index (κ2) is 5.95. The minimum Gasteiger partial charge on any atom is -0.381 e. The van der Waals surface area contributed by atoms with E-state index >= 15 is 0 Å². The lowest BCUT2D eigenvalue weighted by molar-refractivity contribution is -0.385. The van der Waals surface area contributed by atoms with E-state index in [1.54, 1.807) is 24.5 Å². The summed E-state index contributed by atoms with van der Waals surface area (Å²) < 4.78 is 0. The van der Waals surface area contributed by atoms with Gasteiger partial charge in [-0.3, -0.25) is 15.1 Å². The van der Waals surface area contributed by atoms with E-state index < -0.39 is 0 Å². The summed E-state index contributed by atoms with van der Waals surface area (Å²) in [5.74, 6) is 0. The fourth-order valence-electron chi connectivity index (χ4n) is 1.85. The molecule has 0 radical (unpaired) electrons. The average molecular weight is 257 g/mol. The second-order valence-electron chi connectivity index (χ2n) is 4.17. The Bertz CT molecular complexity index is 570. The van der Waals surface area contributed by atoms with E-state index in [4.69, 9.17) is 0 Å². The van der Waals surface area contributed by atoms with Gasteiger partial charge in [-0.15, -0.1) is 0 Å². The Balaban J connectivity index is 2.13. The van der Waals surface area contributed by atoms with Gasteiger partial charge in [-0.25, -0.2) is 0 Å². The molecule has 0 unspecified atom stereocenters. The van der Waals surface area contributed by atoms with Gasteiger partial charge in [0.05, 0.1) is 4.92 Å². The molecule has 2 rings (SSSR count). The number of hydrogen-bond donors (Lipinski definition) is 1. The van der Waals surface area contributed by atoms with Crippen LogP contribution in [0.25, 0.3) is 0 Å². The smallest absolute Gasteiger partial charge is 0.274 e. The summed E-state index contributed by atoms with van der Waals surface area (Å²) in [6, 6.07) is 9.05. The molecule has 98 valence electrons. The van der Waals surface area contributed by atoms with Crippen LogP contribution in [0.3, 0.4) is 0 Å². The van der Waals surface area contributed by atoms with Crippen molar-refractivity contribution < 1.29 is 4.92 Å². The number of pyridine rings is 1. The van der Waals surface area contributed by atoms with E-state index in [-0.39, 0.29) is 10.6 Å². The highest BCUT2D eigenvalue weighted by Gasteiger charge is 2.12. The van der Waals surface area contributed by atoms with E-state index in [1.807, 2.05) is 25.1 Å². The monoisotopic (exact) mass is 257 g/mol. The number of nitrogens with one attached hydrogen (secondary N) is 1. The zero-order chi connectivity index (χ0) is 13.7. The largest absolute Gasteiger partial charge is 0.381 e. The molecule has 1 N–H and O–H groups in total. The number of nitrogens with zero attached hydrogens (tertiary/aromatic N) is 2. The van der Waals surface area contributed by atoms with Crippen LogP contribution in [0.5, 0.6) is 0 Å². The molecule has 0 bridgehead atoms. The minimum atomic E-state index is -0.339. The number of benzene rings is 1. The summed E-state index contributed by atoms with van der Waals surface area (Å²) in [7, 11) is 0. The topological polar surface area (TPSA) is 68.1 Å². The van der Waals surface area contributed by atoms with E-state index in [0.717, 1.165) is 16.8 Å². The first kappa shape index (κ1) is 13.0. The van der Waals surface area contributed by atoms with Crippen molar-refractivity contribution >= 4 is 11.4 Å². The summed E-state index contributed by atoms with van der Waals surface area (Å²) in [5.41, 5.74) is 2.69. The van der Waals surface area contributed by atoms with Crippen LogP contribution in [-0.4, -0.2) is 9.91 Å². The normalized spacial score (nSPS) is 10.2. The molecule has 5 heteroatoms. The highest BCUT2D eigenvalue weighted by atomic mass is 16.6. The average Bonchev–Trinajstić information content (AvgIpc) is 2.46. The Kier molecular flexibility index (Phi) is 4.07. The second-order valence-corrected chi connectivity index (χ2v) is 4.17. The van der Waals surface area contributed by atoms with Crippen LogP contribution in [-0.2, 0) is 13.0 Å². The van der Waals surface area contributed by atoms with Crippen molar-refractivity contribution in [2.24, 2.45) is 0 Å². The van der Waals surface area contributed by atoms with Crippen LogP contribution >= 0.6 is 0 Å². The minimum absolute atomic E-state index is 0.165. The molecule has 2 aromatic rings. The number of hydrogen-bond acceptors (Lipinski definition) is 4. The third kappa shape index (κ3) is 3.28. The molecule has 1 heterocycles. The number of aryl methyl sites for hydroxylation is 1. The summed E-state index contributed by atoms with van der Waals surface area (Å²) in [6.07, 6.45) is 4.13. The Morgan fingerprint density at radius 3 is 2.84 bits per heavy atom. The molecule has 0 saturated heterocycles. The lowest BCUT2D eigenvalue weighted by Gasteiger charge is -2.07. The third-order valence-corrected chi connectivity index (χ3v) is 2.88. The molecule has 0 atom stereocenters. The van der Waals surface area contributed by atoms with Gasteiger partial charge >= 0.3 is 0 Å². The van der Waals surface area contributed by atoms with Gasteiger partial charge in [-0.2, -0.15) is 0 Å². The molecule has 0 aliphatic rings. The maximum absolute atomic E-state index is 11.0. The quantitative estimate of drug-likeness (QED) is 0.660. The van der Waals surface area contributed by atoms with E-state index in [2.05, 4.69) is 10.3 Å². The molecule has 1 aromatic heterocycles. The molecule has 5 nitrogen and oxygen atoms in total. The molecular weight excluding hydrogens is 242 g/mol. The van der Waals surface area contributed by atoms with Crippen molar-refractivity contribution in [3.8, 4) is 0 Å². The summed E-state index contributed by atoms with van der Waals surface area (Å²) >= 11 is 0. The Hall–Kier alpha value is -2.43. The fraction of sp³-hybridized carbons (Fsp3) is 0.214. The first-order chi connectivity index (χ1) is 9.20. The Morgan fingerprint density at radius 1 is 1.37 bits per heavy atom. The van der Waals surface area contributed by atoms with Gasteiger partial charge in [0.25, 0.3) is 5.69 Å². The number of rotatable bonds is 5. The van der Waals surface area contributed by atoms with Crippen molar-refractivity contribution in [3.05, 3.63) is 64.0 Å². The zero-order valence-corrected chi connectivity index (χ0v) is 10.7. The van der Waals surface area contributed by atoms with Crippen LogP contribution in [0.2, 0.25) is 0 Å². The maximum atomic E-state index is 11.0. The number of nitro groups is 1. The molecule has 0 spiro atoms. The highest BCUT2D eigenvalue weighted by Crippen LogP contribution is 2.23. The summed E-state index contributed by atoms with van der Waals surface area (Å²) in [5, 5.41) is 14.1. The van der Waals surface area contributed by atoms with Gasteiger partial charge in [0, 0.05) is 36.3 Å². The van der Waals surface area contributed by atoms with Crippen LogP contribution in [0.15, 0.2) is 42.7 Å². The molecular formula is C14H15N3O2. The van der Waals surface area contributed by atoms with Gasteiger partial charge in [0.15, 0.2) is 0 Å². The van der Waals surface area contributed by atoms with Crippen LogP contribution in [0, 0.1) is 10.1 Å². The number of nitro benzene ring substituents is 1. The van der Waals surface area contributed by atoms with E-state index in [9.17, 15) is 10.1 Å². The zero-order valence-electron chi connectivity index (χ0n) is 10.7. The van der Waals surface area contributed by atoms with Crippen molar-refractivity contribution in [3.63, 3.8) is 0 Å². The van der Waals surface area contributed by atoms with Crippen LogP contribution in [0.1, 0.15) is 18.1 Å². The van der Waals surface area contributed by atoms with Gasteiger partial charge < -0.3 is 5.32 Å². The van der Waals surface area contributed by atoms with Gasteiger partial charge in [-0.05, 0) is 24.1 Å². The third-order valence-electron chi connectivity index (χ3n) is 2.88. The SMILES string of the molecule is CCc1ccc(NCc2cccnc2)cc1[N+](=O)[O-]. The van der Waals surface area contributed by atoms with E-state index in [0.29, 0.717) is 13.0 Å². The molecule has 19 heavy (non-hydrogen) atoms. The standard InChI is InChI=1S/C14H15N3O2/c1-2-12-5-6-13(8-14(12)17(18)19)16-10-11-4-3-7-15-9-11/h3-9,16H,2,10H2,1H3. The lowest BCUT2D eigenvalue weighted by Crippen LogP contribution is -2.01. The molecule has 0 aliphatic heterocycles. The Morgan fingerprint density at radius 2 is 2.21 bits per heavy atom. The van der Waals surface area contributed by atoms with Crippen molar-refractivity contribution in [2.45, 2.75) is 19.9 Å². The number of aromatic nitrogens is 1. The van der Waals surface area contributed by atoms with Gasteiger partial charge in [0.2, 0.25) is 0 Å². The number of anilines is 1. The van der Waals surface area contributed by atoms with Crippen LogP contribution < -0.4 is 5.32 Å². The summed E-state index contributed by atoms with van der Waals surface area (Å²) in [4.78, 5) is 14.7. The van der Waals surface area contributed by atoms with Crippen molar-refractivity contribution in [1.29, 1.82) is 0 Å². The van der Waals surface area contributed by atoms with Gasteiger partial charge in [-0.1, -0.05) is 19.1 Å². The molecule has 1 aromatic carbocycles. The molecule has 0 aliphatic carbocycles. The fourth-order valence-corrected chi connectivity index (χ4v) is 1.85. The van der Waals surface area contributed by atoms with Crippen molar-refractivity contribution in [2.75, 3.05) is 5.32 Å². The summed E-state index contributed by atoms with van der Waals surface area (Å²) in [6.45, 7) is 2.50. The molecule has 0 fully saturated rings. The molecule has 0 saturated carbocycles. The van der Waals surface area contributed by atoms with E-state index in [1.165, 1.54) is 0 Å². The first-order valence-electron chi connectivity index (χ1n) is 6.10. The van der Waals surface area contributed by atoms with Crippen LogP contribution in [0.4, 0.5) is 11.4 Å². The molecule has 0 amide bonds. The van der Waals surface area contributed by atoms with Gasteiger partial charge in [0.1, 0.15) is 0 Å². The van der Waals surface area contributed by atoms with Crippen molar-refractivity contribution in [1.82, 2.24) is 4.98 Å². The first-order valence-corrected chi connectivity index (χ1v) is 6.10. The predicted octanol–water partition coefficient (Wildman–Crippen LogP) is 3.16. The lowest BCUT2D eigenvalue weighted by atomic mass is 10.1. The maximum Gasteiger partial charge on any atom is 0.274 e. The highest BCUT2D eigenvalue weighted by molar-refractivity contribution is 5.55.